The average molecular weight is 465 g/mol. The Labute approximate surface area is 202 Å². The number of anilines is 1. The molecule has 1 saturated heterocycles. The van der Waals surface area contributed by atoms with Crippen molar-refractivity contribution in [3.63, 3.8) is 0 Å². The average Bonchev–Trinajstić information content (AvgIpc) is 3.23. The van der Waals surface area contributed by atoms with Gasteiger partial charge in [-0.1, -0.05) is 6.07 Å². The topological polar surface area (TPSA) is 74.8 Å². The number of Topliss-reactive ketones (excluding diaryl/α,β-unsaturated/α-hetero) is 1. The van der Waals surface area contributed by atoms with Gasteiger partial charge in [-0.3, -0.25) is 14.6 Å². The van der Waals surface area contributed by atoms with Gasteiger partial charge in [0.15, 0.2) is 5.78 Å². The van der Waals surface area contributed by atoms with Crippen molar-refractivity contribution >= 4 is 17.4 Å². The molecule has 2 heterocycles. The van der Waals surface area contributed by atoms with Crippen molar-refractivity contribution in [2.24, 2.45) is 0 Å². The third kappa shape index (κ3) is 5.47. The van der Waals surface area contributed by atoms with Gasteiger partial charge in [0.25, 0.3) is 5.91 Å². The standard InChI is InChI=1S/C27H36N4O3/c1-18-13-23(14-19(2)29-18)31-11-9-22(10-12-31)30(3)27(33)21-6-5-20-7-8-26(25(20)15-21)28-16-24(32)17-34-4/h5-6,13-15,22,26,28H,7-12,16-17H2,1-4H3. The first-order valence-corrected chi connectivity index (χ1v) is 12.2. The molecule has 4 rings (SSSR count). The van der Waals surface area contributed by atoms with Crippen molar-refractivity contribution in [3.05, 3.63) is 58.4 Å². The summed E-state index contributed by atoms with van der Waals surface area (Å²) in [5.41, 5.74) is 6.42. The monoisotopic (exact) mass is 464 g/mol. The molecule has 1 N–H and O–H groups in total. The highest BCUT2D eigenvalue weighted by molar-refractivity contribution is 5.94. The first kappa shape index (κ1) is 24.4. The van der Waals surface area contributed by atoms with Crippen LogP contribution in [-0.4, -0.2) is 68.0 Å². The lowest BCUT2D eigenvalue weighted by Gasteiger charge is -2.38. The number of aryl methyl sites for hydroxylation is 3. The molecule has 1 aromatic heterocycles. The highest BCUT2D eigenvalue weighted by Gasteiger charge is 2.28. The summed E-state index contributed by atoms with van der Waals surface area (Å²) in [7, 11) is 3.46. The number of rotatable bonds is 8. The summed E-state index contributed by atoms with van der Waals surface area (Å²) in [4.78, 5) is 34.0. The quantitative estimate of drug-likeness (QED) is 0.647. The summed E-state index contributed by atoms with van der Waals surface area (Å²) in [5.74, 6) is 0.101. The van der Waals surface area contributed by atoms with Gasteiger partial charge in [0.1, 0.15) is 6.61 Å². The van der Waals surface area contributed by atoms with Crippen LogP contribution >= 0.6 is 0 Å². The van der Waals surface area contributed by atoms with E-state index in [-0.39, 0.29) is 36.9 Å². The molecule has 0 radical (unpaired) electrons. The van der Waals surface area contributed by atoms with Crippen LogP contribution in [0.15, 0.2) is 30.3 Å². The van der Waals surface area contributed by atoms with Gasteiger partial charge >= 0.3 is 0 Å². The minimum atomic E-state index is 0.0337. The molecule has 0 bridgehead atoms. The molecule has 1 fully saturated rings. The minimum Gasteiger partial charge on any atom is -0.377 e. The maximum Gasteiger partial charge on any atom is 0.253 e. The van der Waals surface area contributed by atoms with Crippen LogP contribution in [0.25, 0.3) is 0 Å². The van der Waals surface area contributed by atoms with E-state index in [1.54, 1.807) is 0 Å². The Morgan fingerprint density at radius 2 is 1.82 bits per heavy atom. The number of nitrogens with one attached hydrogen (secondary N) is 1. The molecule has 7 nitrogen and oxygen atoms in total. The van der Waals surface area contributed by atoms with Crippen LogP contribution in [-0.2, 0) is 16.0 Å². The fourth-order valence-electron chi connectivity index (χ4n) is 5.27. The second-order valence-electron chi connectivity index (χ2n) is 9.60. The molecule has 2 aliphatic rings. The van der Waals surface area contributed by atoms with E-state index in [0.717, 1.165) is 61.3 Å². The molecule has 7 heteroatoms. The van der Waals surface area contributed by atoms with E-state index in [9.17, 15) is 9.59 Å². The molecule has 182 valence electrons. The maximum absolute atomic E-state index is 13.4. The number of aromatic nitrogens is 1. The zero-order chi connectivity index (χ0) is 24.2. The number of amides is 1. The van der Waals surface area contributed by atoms with E-state index < -0.39 is 0 Å². The number of ether oxygens (including phenoxy) is 1. The van der Waals surface area contributed by atoms with E-state index in [4.69, 9.17) is 4.74 Å². The number of carbonyl (C=O) groups excluding carboxylic acids is 2. The molecular weight excluding hydrogens is 428 g/mol. The van der Waals surface area contributed by atoms with E-state index in [0.29, 0.717) is 0 Å². The second-order valence-corrected chi connectivity index (χ2v) is 9.60. The summed E-state index contributed by atoms with van der Waals surface area (Å²) in [6.45, 7) is 6.32. The number of ketones is 1. The zero-order valence-corrected chi connectivity index (χ0v) is 20.8. The fraction of sp³-hybridized carbons (Fsp3) is 0.519. The Morgan fingerprint density at radius 1 is 1.12 bits per heavy atom. The molecule has 1 atom stereocenters. The summed E-state index contributed by atoms with van der Waals surface area (Å²) in [5, 5.41) is 3.34. The lowest BCUT2D eigenvalue weighted by Crippen LogP contribution is -2.45. The number of carbonyl (C=O) groups is 2. The molecule has 1 unspecified atom stereocenters. The van der Waals surface area contributed by atoms with Crippen LogP contribution in [0.3, 0.4) is 0 Å². The molecular formula is C27H36N4O3. The largest absolute Gasteiger partial charge is 0.377 e. The summed E-state index contributed by atoms with van der Waals surface area (Å²) >= 11 is 0. The van der Waals surface area contributed by atoms with Crippen LogP contribution < -0.4 is 10.2 Å². The normalized spacial score (nSPS) is 18.1. The van der Waals surface area contributed by atoms with Crippen LogP contribution in [0.4, 0.5) is 5.69 Å². The molecule has 0 spiro atoms. The highest BCUT2D eigenvalue weighted by atomic mass is 16.5. The Hall–Kier alpha value is -2.77. The van der Waals surface area contributed by atoms with Crippen molar-refractivity contribution in [2.45, 2.75) is 51.6 Å². The lowest BCUT2D eigenvalue weighted by molar-refractivity contribution is -0.121. The molecule has 34 heavy (non-hydrogen) atoms. The van der Waals surface area contributed by atoms with Crippen molar-refractivity contribution in [3.8, 4) is 0 Å². The van der Waals surface area contributed by atoms with Crippen molar-refractivity contribution in [1.29, 1.82) is 0 Å². The molecule has 1 aliphatic carbocycles. The molecule has 1 aromatic carbocycles. The number of pyridine rings is 1. The smallest absolute Gasteiger partial charge is 0.253 e. The van der Waals surface area contributed by atoms with Gasteiger partial charge in [0, 0.05) is 62.0 Å². The highest BCUT2D eigenvalue weighted by Crippen LogP contribution is 2.32. The number of fused-ring (bicyclic) bond motifs is 1. The number of hydrogen-bond donors (Lipinski definition) is 1. The number of nitrogens with zero attached hydrogens (tertiary/aromatic N) is 3. The van der Waals surface area contributed by atoms with Gasteiger partial charge in [-0.2, -0.15) is 0 Å². The fourth-order valence-corrected chi connectivity index (χ4v) is 5.27. The SMILES string of the molecule is COCC(=O)CNC1CCc2ccc(C(=O)N(C)C3CCN(c4cc(C)nc(C)c4)CC3)cc21. The molecule has 1 amide bonds. The Balaban J connectivity index is 1.38. The van der Waals surface area contributed by atoms with Gasteiger partial charge in [-0.05, 0) is 74.9 Å². The van der Waals surface area contributed by atoms with Gasteiger partial charge in [0.2, 0.25) is 0 Å². The summed E-state index contributed by atoms with van der Waals surface area (Å²) < 4.78 is 4.92. The number of piperidine rings is 1. The number of methoxy groups -OCH3 is 1. The number of hydrogen-bond acceptors (Lipinski definition) is 6. The second kappa shape index (κ2) is 10.7. The van der Waals surface area contributed by atoms with Crippen molar-refractivity contribution in [1.82, 2.24) is 15.2 Å². The Morgan fingerprint density at radius 3 is 2.50 bits per heavy atom. The van der Waals surface area contributed by atoms with Crippen LogP contribution in [0.5, 0.6) is 0 Å². The van der Waals surface area contributed by atoms with E-state index in [1.807, 2.05) is 37.9 Å². The van der Waals surface area contributed by atoms with Gasteiger partial charge in [-0.25, -0.2) is 0 Å². The predicted molar refractivity (Wildman–Crippen MR) is 133 cm³/mol. The minimum absolute atomic E-state index is 0.0337. The van der Waals surface area contributed by atoms with Crippen LogP contribution in [0.1, 0.15) is 58.2 Å². The summed E-state index contributed by atoms with van der Waals surface area (Å²) in [6.07, 6.45) is 3.79. The van der Waals surface area contributed by atoms with Gasteiger partial charge in [-0.15, -0.1) is 0 Å². The molecule has 1 aliphatic heterocycles. The molecule has 2 aromatic rings. The van der Waals surface area contributed by atoms with E-state index in [1.165, 1.54) is 18.4 Å². The zero-order valence-electron chi connectivity index (χ0n) is 20.8. The van der Waals surface area contributed by atoms with Crippen LogP contribution in [0, 0.1) is 13.8 Å². The van der Waals surface area contributed by atoms with E-state index in [2.05, 4.69) is 33.4 Å². The first-order valence-electron chi connectivity index (χ1n) is 12.2. The lowest BCUT2D eigenvalue weighted by atomic mass is 10.00. The Bertz CT molecular complexity index is 1030. The third-order valence-corrected chi connectivity index (χ3v) is 7.09. The first-order chi connectivity index (χ1) is 16.4. The maximum atomic E-state index is 13.4. The number of benzene rings is 1. The van der Waals surface area contributed by atoms with Gasteiger partial charge < -0.3 is 19.9 Å². The van der Waals surface area contributed by atoms with Crippen LogP contribution in [0.2, 0.25) is 0 Å². The Kier molecular flexibility index (Phi) is 7.63. The van der Waals surface area contributed by atoms with Crippen molar-refractivity contribution in [2.75, 3.05) is 45.3 Å². The van der Waals surface area contributed by atoms with Gasteiger partial charge in [0.05, 0.1) is 6.54 Å². The molecule has 0 saturated carbocycles. The predicted octanol–water partition coefficient (Wildman–Crippen LogP) is 3.23. The van der Waals surface area contributed by atoms with E-state index >= 15 is 0 Å². The summed E-state index contributed by atoms with van der Waals surface area (Å²) in [6, 6.07) is 10.7. The van der Waals surface area contributed by atoms with Crippen molar-refractivity contribution < 1.29 is 14.3 Å². The third-order valence-electron chi connectivity index (χ3n) is 7.09.